The standard InChI is InChI=1S/C21H21ClN3O4S/c1-13-7-5-8-14(2)19(13)17-12-18(22)24-21(23-17)25-30(27,28)16-10-6-9-15(11-16)20(26)29(3)4/h5-12H,1-4H3,(H,23,24,25)/q+1. The lowest BCUT2D eigenvalue weighted by Crippen LogP contribution is -2.17. The summed E-state index contributed by atoms with van der Waals surface area (Å²) in [6, 6.07) is 13.1. The van der Waals surface area contributed by atoms with Crippen LogP contribution in [0.2, 0.25) is 5.15 Å². The van der Waals surface area contributed by atoms with Gasteiger partial charge in [-0.05, 0) is 43.2 Å². The van der Waals surface area contributed by atoms with Crippen molar-refractivity contribution in [1.29, 1.82) is 0 Å². The van der Waals surface area contributed by atoms with Crippen molar-refractivity contribution in [1.82, 2.24) is 9.97 Å². The van der Waals surface area contributed by atoms with E-state index in [1.165, 1.54) is 38.5 Å². The molecule has 3 aromatic rings. The van der Waals surface area contributed by atoms with E-state index in [9.17, 15) is 13.2 Å². The van der Waals surface area contributed by atoms with Crippen LogP contribution >= 0.6 is 11.6 Å². The molecule has 0 amide bonds. The maximum Gasteiger partial charge on any atom is 0.551 e. The Balaban J connectivity index is 2.00. The SMILES string of the molecule is Cc1cccc(C)c1-c1cc(Cl)nc(NS(=O)(=O)c2cccc(C(=O)[O+](C)C)c2)n1. The predicted octanol–water partition coefficient (Wildman–Crippen LogP) is 4.17. The topological polar surface area (TPSA) is 91.7 Å². The first-order valence-electron chi connectivity index (χ1n) is 8.94. The molecule has 0 spiro atoms. The first kappa shape index (κ1) is 21.7. The van der Waals surface area contributed by atoms with Crippen molar-refractivity contribution in [3.63, 3.8) is 0 Å². The second-order valence-corrected chi connectivity index (χ2v) is 8.97. The fraction of sp³-hybridized carbons (Fsp3) is 0.190. The third kappa shape index (κ3) is 4.60. The van der Waals surface area contributed by atoms with E-state index in [0.717, 1.165) is 16.7 Å². The van der Waals surface area contributed by atoms with E-state index in [0.29, 0.717) is 5.69 Å². The summed E-state index contributed by atoms with van der Waals surface area (Å²) in [7, 11) is -1.02. The number of halogens is 1. The van der Waals surface area contributed by atoms with Gasteiger partial charge in [-0.3, -0.25) is 0 Å². The molecular weight excluding hydrogens is 426 g/mol. The Morgan fingerprint density at radius 2 is 1.63 bits per heavy atom. The van der Waals surface area contributed by atoms with E-state index >= 15 is 0 Å². The summed E-state index contributed by atoms with van der Waals surface area (Å²) in [6.45, 7) is 3.88. The number of hydrogen-bond acceptors (Lipinski definition) is 5. The van der Waals surface area contributed by atoms with Crippen molar-refractivity contribution in [3.8, 4) is 11.3 Å². The number of carbonyl (C=O) groups is 1. The fourth-order valence-electron chi connectivity index (χ4n) is 3.01. The molecule has 0 atom stereocenters. The highest BCUT2D eigenvalue weighted by atomic mass is 35.5. The molecule has 0 saturated heterocycles. The maximum atomic E-state index is 12.9. The minimum absolute atomic E-state index is 0.0898. The smallest absolute Gasteiger partial charge is 0.546 e. The van der Waals surface area contributed by atoms with Crippen LogP contribution in [0, 0.1) is 13.8 Å². The summed E-state index contributed by atoms with van der Waals surface area (Å²) >= 11 is 6.14. The van der Waals surface area contributed by atoms with Crippen molar-refractivity contribution in [2.75, 3.05) is 18.9 Å². The molecule has 9 heteroatoms. The van der Waals surface area contributed by atoms with Crippen LogP contribution in [0.4, 0.5) is 5.95 Å². The Hall–Kier alpha value is -2.97. The van der Waals surface area contributed by atoms with E-state index in [1.54, 1.807) is 6.07 Å². The first-order valence-corrected chi connectivity index (χ1v) is 10.8. The van der Waals surface area contributed by atoms with E-state index in [2.05, 4.69) is 19.1 Å². The first-order chi connectivity index (χ1) is 14.1. The molecule has 0 radical (unpaired) electrons. The molecular formula is C21H21ClN3O4S+. The fourth-order valence-corrected chi connectivity index (χ4v) is 4.19. The molecule has 156 valence electrons. The monoisotopic (exact) mass is 446 g/mol. The zero-order valence-corrected chi connectivity index (χ0v) is 18.5. The van der Waals surface area contributed by atoms with Crippen LogP contribution < -0.4 is 4.72 Å². The largest absolute Gasteiger partial charge is 0.551 e. The minimum Gasteiger partial charge on any atom is -0.546 e. The van der Waals surface area contributed by atoms with Gasteiger partial charge in [-0.25, -0.2) is 23.1 Å². The van der Waals surface area contributed by atoms with Crippen LogP contribution in [-0.4, -0.2) is 38.6 Å². The molecule has 7 nitrogen and oxygen atoms in total. The lowest BCUT2D eigenvalue weighted by Gasteiger charge is -2.12. The molecule has 0 unspecified atom stereocenters. The van der Waals surface area contributed by atoms with E-state index in [-0.39, 0.29) is 27.5 Å². The summed E-state index contributed by atoms with van der Waals surface area (Å²) in [4.78, 5) is 20.4. The number of aromatic nitrogens is 2. The molecule has 0 aliphatic heterocycles. The Kier molecular flexibility index (Phi) is 6.09. The van der Waals surface area contributed by atoms with Crippen LogP contribution in [0.3, 0.4) is 0 Å². The van der Waals surface area contributed by atoms with Crippen molar-refractivity contribution >= 4 is 33.5 Å². The summed E-state index contributed by atoms with van der Waals surface area (Å²) in [5.74, 6) is -0.540. The number of carbonyl (C=O) groups excluding carboxylic acids is 1. The van der Waals surface area contributed by atoms with E-state index in [4.69, 9.17) is 11.6 Å². The number of nitrogens with zero attached hydrogens (tertiary/aromatic N) is 2. The molecule has 30 heavy (non-hydrogen) atoms. The van der Waals surface area contributed by atoms with Gasteiger partial charge in [0.2, 0.25) is 5.95 Å². The highest BCUT2D eigenvalue weighted by Crippen LogP contribution is 2.28. The zero-order chi connectivity index (χ0) is 22.1. The number of aryl methyl sites for hydroxylation is 2. The summed E-state index contributed by atoms with van der Waals surface area (Å²) in [5, 5.41) is 0.105. The van der Waals surface area contributed by atoms with Crippen LogP contribution in [0.15, 0.2) is 53.4 Å². The highest BCUT2D eigenvalue weighted by molar-refractivity contribution is 7.92. The lowest BCUT2D eigenvalue weighted by molar-refractivity contribution is -0.0178. The molecule has 1 heterocycles. The van der Waals surface area contributed by atoms with Gasteiger partial charge in [-0.2, -0.15) is 0 Å². The predicted molar refractivity (Wildman–Crippen MR) is 116 cm³/mol. The molecule has 0 saturated carbocycles. The van der Waals surface area contributed by atoms with Gasteiger partial charge in [-0.1, -0.05) is 35.9 Å². The van der Waals surface area contributed by atoms with Gasteiger partial charge >= 0.3 is 5.97 Å². The third-order valence-corrected chi connectivity index (χ3v) is 5.93. The second-order valence-electron chi connectivity index (χ2n) is 6.90. The van der Waals surface area contributed by atoms with Gasteiger partial charge in [0.15, 0.2) is 0 Å². The van der Waals surface area contributed by atoms with Crippen molar-refractivity contribution in [2.24, 2.45) is 0 Å². The molecule has 0 fully saturated rings. The molecule has 0 aliphatic carbocycles. The minimum atomic E-state index is -4.04. The quantitative estimate of drug-likeness (QED) is 0.361. The van der Waals surface area contributed by atoms with Crippen molar-refractivity contribution in [2.45, 2.75) is 18.7 Å². The van der Waals surface area contributed by atoms with Gasteiger partial charge in [0, 0.05) is 16.4 Å². The van der Waals surface area contributed by atoms with E-state index in [1.807, 2.05) is 32.0 Å². The van der Waals surface area contributed by atoms with Crippen LogP contribution in [-0.2, 0) is 14.4 Å². The molecule has 1 aromatic heterocycles. The van der Waals surface area contributed by atoms with Crippen LogP contribution in [0.1, 0.15) is 21.5 Å². The summed E-state index contributed by atoms with van der Waals surface area (Å²) in [5.41, 5.74) is 3.54. The van der Waals surface area contributed by atoms with Gasteiger partial charge in [0.1, 0.15) is 24.9 Å². The molecule has 0 aliphatic rings. The normalized spacial score (nSPS) is 11.2. The number of rotatable bonds is 5. The van der Waals surface area contributed by atoms with Gasteiger partial charge in [0.05, 0.1) is 10.6 Å². The summed E-state index contributed by atoms with van der Waals surface area (Å²) < 4.78 is 30.3. The summed E-state index contributed by atoms with van der Waals surface area (Å²) in [6.07, 6.45) is 0. The Labute approximate surface area is 180 Å². The number of sulfonamides is 1. The zero-order valence-electron chi connectivity index (χ0n) is 16.9. The van der Waals surface area contributed by atoms with Gasteiger partial charge < -0.3 is 4.37 Å². The Morgan fingerprint density at radius 3 is 2.27 bits per heavy atom. The van der Waals surface area contributed by atoms with Crippen molar-refractivity contribution in [3.05, 3.63) is 70.4 Å². The maximum absolute atomic E-state index is 12.9. The van der Waals surface area contributed by atoms with Crippen LogP contribution in [0.25, 0.3) is 11.3 Å². The molecule has 3 rings (SSSR count). The number of nitrogens with one attached hydrogen (secondary N) is 1. The number of anilines is 1. The Bertz CT molecular complexity index is 1210. The van der Waals surface area contributed by atoms with E-state index < -0.39 is 10.0 Å². The van der Waals surface area contributed by atoms with Gasteiger partial charge in [-0.15, -0.1) is 0 Å². The number of hydrogen-bond donors (Lipinski definition) is 1. The lowest BCUT2D eigenvalue weighted by atomic mass is 10.00. The molecule has 0 bridgehead atoms. The van der Waals surface area contributed by atoms with Crippen molar-refractivity contribution < 1.29 is 17.6 Å². The number of benzene rings is 2. The molecule has 2 aromatic carbocycles. The average Bonchev–Trinajstić information content (AvgIpc) is 2.66. The molecule has 1 N–H and O–H groups in total. The highest BCUT2D eigenvalue weighted by Gasteiger charge is 2.23. The Morgan fingerprint density at radius 1 is 1.00 bits per heavy atom. The third-order valence-electron chi connectivity index (χ3n) is 4.41. The van der Waals surface area contributed by atoms with Gasteiger partial charge in [0.25, 0.3) is 10.0 Å². The average molecular weight is 447 g/mol. The second kappa shape index (κ2) is 8.41. The van der Waals surface area contributed by atoms with Crippen LogP contribution in [0.5, 0.6) is 0 Å².